The van der Waals surface area contributed by atoms with E-state index in [2.05, 4.69) is 22.4 Å². The summed E-state index contributed by atoms with van der Waals surface area (Å²) in [5.74, 6) is 0.943. The van der Waals surface area contributed by atoms with E-state index in [0.717, 1.165) is 37.4 Å². The number of carboxylic acid groups (broad SMARTS) is 1. The van der Waals surface area contributed by atoms with Crippen LogP contribution in [0.3, 0.4) is 0 Å². The average molecular weight is 280 g/mol. The molecule has 0 atom stereocenters. The van der Waals surface area contributed by atoms with Crippen LogP contribution in [0.25, 0.3) is 0 Å². The number of hydrogen-bond donors (Lipinski definition) is 1. The minimum atomic E-state index is -1.01. The van der Waals surface area contributed by atoms with Crippen LogP contribution in [0.1, 0.15) is 71.0 Å². The van der Waals surface area contributed by atoms with E-state index in [-0.39, 0.29) is 5.92 Å². The van der Waals surface area contributed by atoms with Gasteiger partial charge in [0.2, 0.25) is 0 Å². The molecule has 0 bridgehead atoms. The Bertz CT molecular complexity index is 459. The lowest BCUT2D eigenvalue weighted by Crippen LogP contribution is -2.43. The van der Waals surface area contributed by atoms with Crippen molar-refractivity contribution in [3.05, 3.63) is 5.82 Å². The van der Waals surface area contributed by atoms with Crippen LogP contribution in [0.15, 0.2) is 0 Å². The first-order chi connectivity index (χ1) is 9.55. The molecule has 1 heterocycles. The second-order valence-corrected chi connectivity index (χ2v) is 5.95. The highest BCUT2D eigenvalue weighted by Crippen LogP contribution is 2.37. The van der Waals surface area contributed by atoms with Crippen molar-refractivity contribution >= 4 is 5.97 Å². The lowest BCUT2D eigenvalue weighted by molar-refractivity contribution is -0.149. The fourth-order valence-electron chi connectivity index (χ4n) is 3.21. The Morgan fingerprint density at radius 1 is 1.30 bits per heavy atom. The molecule has 2 rings (SSSR count). The first kappa shape index (κ1) is 14.9. The van der Waals surface area contributed by atoms with Crippen molar-refractivity contribution in [3.8, 4) is 0 Å². The van der Waals surface area contributed by atoms with Crippen molar-refractivity contribution < 1.29 is 9.90 Å². The van der Waals surface area contributed by atoms with Crippen LogP contribution in [0.5, 0.6) is 0 Å². The molecule has 1 aliphatic carbocycles. The number of carboxylic acids is 1. The molecule has 6 nitrogen and oxygen atoms in total. The van der Waals surface area contributed by atoms with Gasteiger partial charge < -0.3 is 5.11 Å². The van der Waals surface area contributed by atoms with Crippen LogP contribution in [-0.4, -0.2) is 31.3 Å². The van der Waals surface area contributed by atoms with Crippen LogP contribution < -0.4 is 0 Å². The molecule has 0 spiro atoms. The first-order valence-corrected chi connectivity index (χ1v) is 7.57. The number of rotatable bonds is 5. The number of nitrogens with zero attached hydrogens (tertiary/aromatic N) is 4. The molecular formula is C14H24N4O2. The Morgan fingerprint density at radius 2 is 1.90 bits per heavy atom. The van der Waals surface area contributed by atoms with Gasteiger partial charge in [-0.1, -0.05) is 33.6 Å². The lowest BCUT2D eigenvalue weighted by Gasteiger charge is -2.31. The zero-order valence-corrected chi connectivity index (χ0v) is 12.5. The molecule has 0 aliphatic heterocycles. The quantitative estimate of drug-likeness (QED) is 0.896. The molecule has 0 radical (unpaired) electrons. The molecular weight excluding hydrogens is 256 g/mol. The fraction of sp³-hybridized carbons (Fsp3) is 0.857. The van der Waals surface area contributed by atoms with Crippen molar-refractivity contribution in [3.63, 3.8) is 0 Å². The van der Waals surface area contributed by atoms with E-state index in [4.69, 9.17) is 0 Å². The van der Waals surface area contributed by atoms with Crippen LogP contribution in [0.2, 0.25) is 0 Å². The van der Waals surface area contributed by atoms with Gasteiger partial charge in [-0.05, 0) is 42.0 Å². The summed E-state index contributed by atoms with van der Waals surface area (Å²) in [5.41, 5.74) is -1.01. The smallest absolute Gasteiger partial charge is 0.331 e. The summed E-state index contributed by atoms with van der Waals surface area (Å²) in [6, 6.07) is 0. The third-order valence-electron chi connectivity index (χ3n) is 4.85. The van der Waals surface area contributed by atoms with Crippen LogP contribution >= 0.6 is 0 Å². The van der Waals surface area contributed by atoms with E-state index in [9.17, 15) is 9.90 Å². The SMILES string of the molecule is CCC(CC)(C(=O)O)n1nnnc1C1CCC(C)CC1. The summed E-state index contributed by atoms with van der Waals surface area (Å²) in [6.45, 7) is 6.02. The van der Waals surface area contributed by atoms with Gasteiger partial charge in [-0.3, -0.25) is 0 Å². The van der Waals surface area contributed by atoms with Crippen LogP contribution in [0.4, 0.5) is 0 Å². The standard InChI is InChI=1S/C14H24N4O2/c1-4-14(5-2,13(19)20)18-12(15-16-17-18)11-8-6-10(3)7-9-11/h10-11H,4-9H2,1-3H3,(H,19,20). The molecule has 112 valence electrons. The number of tetrazole rings is 1. The van der Waals surface area contributed by atoms with Crippen molar-refractivity contribution in [2.75, 3.05) is 0 Å². The summed E-state index contributed by atoms with van der Waals surface area (Å²) in [7, 11) is 0. The maximum Gasteiger partial charge on any atom is 0.331 e. The van der Waals surface area contributed by atoms with Crippen molar-refractivity contribution in [1.29, 1.82) is 0 Å². The number of aromatic nitrogens is 4. The Morgan fingerprint density at radius 3 is 2.40 bits per heavy atom. The maximum absolute atomic E-state index is 11.8. The predicted octanol–water partition coefficient (Wildman–Crippen LogP) is 2.57. The molecule has 6 heteroatoms. The Kier molecular flexibility index (Phi) is 4.40. The molecule has 0 aromatic carbocycles. The van der Waals surface area contributed by atoms with E-state index >= 15 is 0 Å². The highest BCUT2D eigenvalue weighted by Gasteiger charge is 2.41. The zero-order valence-electron chi connectivity index (χ0n) is 12.5. The largest absolute Gasteiger partial charge is 0.479 e. The monoisotopic (exact) mass is 280 g/mol. The average Bonchev–Trinajstić information content (AvgIpc) is 2.91. The van der Waals surface area contributed by atoms with E-state index < -0.39 is 11.5 Å². The highest BCUT2D eigenvalue weighted by atomic mass is 16.4. The third-order valence-corrected chi connectivity index (χ3v) is 4.85. The summed E-state index contributed by atoms with van der Waals surface area (Å²) >= 11 is 0. The van der Waals surface area contributed by atoms with Crippen molar-refractivity contribution in [2.45, 2.75) is 70.8 Å². The van der Waals surface area contributed by atoms with Gasteiger partial charge in [-0.2, -0.15) is 0 Å². The maximum atomic E-state index is 11.8. The molecule has 1 saturated carbocycles. The van der Waals surface area contributed by atoms with Gasteiger partial charge >= 0.3 is 5.97 Å². The van der Waals surface area contributed by atoms with E-state index in [0.29, 0.717) is 12.8 Å². The summed E-state index contributed by atoms with van der Waals surface area (Å²) in [5, 5.41) is 21.6. The second-order valence-electron chi connectivity index (χ2n) is 5.95. The number of hydrogen-bond acceptors (Lipinski definition) is 4. The molecule has 1 aliphatic rings. The molecule has 20 heavy (non-hydrogen) atoms. The van der Waals surface area contributed by atoms with Gasteiger partial charge in [-0.25, -0.2) is 9.48 Å². The van der Waals surface area contributed by atoms with Crippen LogP contribution in [0, 0.1) is 5.92 Å². The Balaban J connectivity index is 2.34. The Hall–Kier alpha value is -1.46. The van der Waals surface area contributed by atoms with Crippen LogP contribution in [-0.2, 0) is 10.3 Å². The Labute approximate surface area is 119 Å². The summed E-state index contributed by atoms with van der Waals surface area (Å²) in [4.78, 5) is 11.8. The summed E-state index contributed by atoms with van der Waals surface area (Å²) < 4.78 is 1.58. The normalized spacial score (nSPS) is 23.8. The van der Waals surface area contributed by atoms with Crippen molar-refractivity contribution in [1.82, 2.24) is 20.2 Å². The molecule has 0 amide bonds. The van der Waals surface area contributed by atoms with Gasteiger partial charge in [0.05, 0.1) is 0 Å². The van der Waals surface area contributed by atoms with Gasteiger partial charge in [0.15, 0.2) is 11.4 Å². The minimum Gasteiger partial charge on any atom is -0.479 e. The first-order valence-electron chi connectivity index (χ1n) is 7.57. The molecule has 0 unspecified atom stereocenters. The van der Waals surface area contributed by atoms with E-state index in [1.54, 1.807) is 4.68 Å². The van der Waals surface area contributed by atoms with E-state index in [1.165, 1.54) is 0 Å². The molecule has 0 saturated heterocycles. The molecule has 1 N–H and O–H groups in total. The minimum absolute atomic E-state index is 0.290. The van der Waals surface area contributed by atoms with Crippen molar-refractivity contribution in [2.24, 2.45) is 5.92 Å². The fourth-order valence-corrected chi connectivity index (χ4v) is 3.21. The third kappa shape index (κ3) is 2.43. The lowest BCUT2D eigenvalue weighted by atomic mass is 9.82. The molecule has 1 aromatic heterocycles. The van der Waals surface area contributed by atoms with Gasteiger partial charge in [-0.15, -0.1) is 5.10 Å². The summed E-state index contributed by atoms with van der Waals surface area (Å²) in [6.07, 6.45) is 5.39. The highest BCUT2D eigenvalue weighted by molar-refractivity contribution is 5.76. The van der Waals surface area contributed by atoms with Gasteiger partial charge in [0.25, 0.3) is 0 Å². The van der Waals surface area contributed by atoms with E-state index in [1.807, 2.05) is 13.8 Å². The predicted molar refractivity (Wildman–Crippen MR) is 74.4 cm³/mol. The second kappa shape index (κ2) is 5.89. The number of carbonyl (C=O) groups is 1. The van der Waals surface area contributed by atoms with Gasteiger partial charge in [0, 0.05) is 5.92 Å². The number of aliphatic carboxylic acids is 1. The zero-order chi connectivity index (χ0) is 14.8. The molecule has 1 aromatic rings. The molecule has 1 fully saturated rings. The van der Waals surface area contributed by atoms with Gasteiger partial charge in [0.1, 0.15) is 0 Å². The topological polar surface area (TPSA) is 80.9 Å².